The monoisotopic (exact) mass is 232 g/mol. The number of hydrogen-bond acceptors (Lipinski definition) is 3. The summed E-state index contributed by atoms with van der Waals surface area (Å²) in [6.07, 6.45) is 1.73. The number of halogens is 1. The largest absolute Gasteiger partial charge is 0.330 e. The van der Waals surface area contributed by atoms with Crippen LogP contribution in [0.4, 0.5) is 4.79 Å². The summed E-state index contributed by atoms with van der Waals surface area (Å²) in [4.78, 5) is 33.5. The summed E-state index contributed by atoms with van der Waals surface area (Å²) in [5, 5.41) is 2.05. The topological polar surface area (TPSA) is 66.5 Å². The van der Waals surface area contributed by atoms with Gasteiger partial charge in [0.1, 0.15) is 0 Å². The average molecular weight is 233 g/mol. The van der Waals surface area contributed by atoms with E-state index in [0.717, 1.165) is 11.3 Å². The first-order valence-corrected chi connectivity index (χ1v) is 5.13. The Kier molecular flexibility index (Phi) is 3.34. The third-order valence-electron chi connectivity index (χ3n) is 2.40. The van der Waals surface area contributed by atoms with Crippen molar-refractivity contribution in [1.29, 1.82) is 0 Å². The zero-order valence-corrected chi connectivity index (χ0v) is 9.43. The maximum absolute atomic E-state index is 11.7. The summed E-state index contributed by atoms with van der Waals surface area (Å²) in [7, 11) is 1.30. The molecule has 1 heterocycles. The highest BCUT2D eigenvalue weighted by molar-refractivity contribution is 6.49. The number of nitrogens with one attached hydrogen (secondary N) is 1. The van der Waals surface area contributed by atoms with Crippen molar-refractivity contribution in [2.75, 3.05) is 7.05 Å². The van der Waals surface area contributed by atoms with E-state index in [1.807, 2.05) is 6.92 Å². The quantitative estimate of drug-likeness (QED) is 0.580. The molecule has 0 radical (unpaired) electrons. The number of alkyl halides is 1. The molecule has 5 nitrogen and oxygen atoms in total. The van der Waals surface area contributed by atoms with E-state index in [4.69, 9.17) is 11.6 Å². The van der Waals surface area contributed by atoms with Crippen LogP contribution in [0.15, 0.2) is 0 Å². The molecule has 6 heteroatoms. The van der Waals surface area contributed by atoms with Gasteiger partial charge in [0.25, 0.3) is 11.8 Å². The third-order valence-corrected chi connectivity index (χ3v) is 2.93. The second-order valence-corrected chi connectivity index (χ2v) is 4.17. The molecule has 1 atom stereocenters. The van der Waals surface area contributed by atoms with Gasteiger partial charge in [-0.05, 0) is 6.42 Å². The lowest BCUT2D eigenvalue weighted by Gasteiger charge is -2.33. The van der Waals surface area contributed by atoms with Crippen LogP contribution >= 0.6 is 11.6 Å². The first kappa shape index (κ1) is 12.0. The molecule has 0 spiro atoms. The number of amides is 4. The lowest BCUT2D eigenvalue weighted by molar-refractivity contribution is -0.140. The Morgan fingerprint density at radius 2 is 2.00 bits per heavy atom. The van der Waals surface area contributed by atoms with Crippen LogP contribution in [0, 0.1) is 0 Å². The highest BCUT2D eigenvalue weighted by Gasteiger charge is 2.51. The van der Waals surface area contributed by atoms with Crippen molar-refractivity contribution in [1.82, 2.24) is 10.2 Å². The van der Waals surface area contributed by atoms with Crippen LogP contribution in [0.2, 0.25) is 0 Å². The standard InChI is InChI=1S/C9H13ClN2O3/c1-3-4-5-9(10)6(13)11-8(15)12(2)7(9)14/h3-5H2,1-2H3,(H,11,13,15). The molecule has 1 N–H and O–H groups in total. The number of barbiturate groups is 1. The zero-order valence-electron chi connectivity index (χ0n) is 8.67. The van der Waals surface area contributed by atoms with Gasteiger partial charge in [0.15, 0.2) is 0 Å². The number of rotatable bonds is 3. The Morgan fingerprint density at radius 3 is 2.53 bits per heavy atom. The van der Waals surface area contributed by atoms with E-state index in [-0.39, 0.29) is 6.42 Å². The van der Waals surface area contributed by atoms with Crippen LogP contribution < -0.4 is 5.32 Å². The smallest absolute Gasteiger partial charge is 0.276 e. The molecule has 1 saturated heterocycles. The molecule has 0 bridgehead atoms. The minimum absolute atomic E-state index is 0.243. The number of carbonyl (C=O) groups excluding carboxylic acids is 3. The van der Waals surface area contributed by atoms with Gasteiger partial charge in [0.05, 0.1) is 0 Å². The Bertz CT molecular complexity index is 318. The molecule has 15 heavy (non-hydrogen) atoms. The Morgan fingerprint density at radius 1 is 1.40 bits per heavy atom. The van der Waals surface area contributed by atoms with E-state index in [9.17, 15) is 14.4 Å². The minimum atomic E-state index is -1.61. The molecule has 0 aromatic carbocycles. The molecular formula is C9H13ClN2O3. The Balaban J connectivity index is 2.91. The first-order chi connectivity index (χ1) is 6.93. The lowest BCUT2D eigenvalue weighted by Crippen LogP contribution is -2.64. The van der Waals surface area contributed by atoms with Crippen molar-refractivity contribution >= 4 is 29.4 Å². The second kappa shape index (κ2) is 4.18. The maximum Gasteiger partial charge on any atom is 0.330 e. The molecule has 4 amide bonds. The van der Waals surface area contributed by atoms with Gasteiger partial charge in [0, 0.05) is 7.05 Å². The van der Waals surface area contributed by atoms with Crippen molar-refractivity contribution < 1.29 is 14.4 Å². The zero-order chi connectivity index (χ0) is 11.6. The van der Waals surface area contributed by atoms with E-state index in [0.29, 0.717) is 6.42 Å². The predicted molar refractivity (Wildman–Crippen MR) is 54.4 cm³/mol. The van der Waals surface area contributed by atoms with Gasteiger partial charge in [-0.2, -0.15) is 0 Å². The molecule has 1 unspecified atom stereocenters. The first-order valence-electron chi connectivity index (χ1n) is 4.76. The molecule has 0 aliphatic carbocycles. The van der Waals surface area contributed by atoms with Gasteiger partial charge in [0.2, 0.25) is 4.87 Å². The number of urea groups is 1. The summed E-state index contributed by atoms with van der Waals surface area (Å²) in [6.45, 7) is 1.93. The van der Waals surface area contributed by atoms with Crippen LogP contribution in [0.25, 0.3) is 0 Å². The van der Waals surface area contributed by atoms with Gasteiger partial charge in [-0.1, -0.05) is 31.4 Å². The SMILES string of the molecule is CCCCC1(Cl)C(=O)NC(=O)N(C)C1=O. The number of nitrogens with zero attached hydrogens (tertiary/aromatic N) is 1. The fraction of sp³-hybridized carbons (Fsp3) is 0.667. The average Bonchev–Trinajstić information content (AvgIpc) is 2.21. The van der Waals surface area contributed by atoms with Crippen molar-refractivity contribution in [3.63, 3.8) is 0 Å². The van der Waals surface area contributed by atoms with Crippen LogP contribution in [-0.4, -0.2) is 34.7 Å². The van der Waals surface area contributed by atoms with Crippen LogP contribution in [0.5, 0.6) is 0 Å². The van der Waals surface area contributed by atoms with E-state index in [1.54, 1.807) is 0 Å². The molecule has 0 saturated carbocycles. The van der Waals surface area contributed by atoms with E-state index in [1.165, 1.54) is 7.05 Å². The normalized spacial score (nSPS) is 26.9. The highest BCUT2D eigenvalue weighted by atomic mass is 35.5. The molecular weight excluding hydrogens is 220 g/mol. The van der Waals surface area contributed by atoms with Gasteiger partial charge in [-0.3, -0.25) is 19.8 Å². The van der Waals surface area contributed by atoms with E-state index >= 15 is 0 Å². The maximum atomic E-state index is 11.7. The van der Waals surface area contributed by atoms with Crippen LogP contribution in [0.3, 0.4) is 0 Å². The summed E-state index contributed by atoms with van der Waals surface area (Å²) in [6, 6.07) is -0.724. The van der Waals surface area contributed by atoms with Crippen LogP contribution in [0.1, 0.15) is 26.2 Å². The van der Waals surface area contributed by atoms with Crippen LogP contribution in [-0.2, 0) is 9.59 Å². The van der Waals surface area contributed by atoms with E-state index < -0.39 is 22.7 Å². The van der Waals surface area contributed by atoms with Crippen molar-refractivity contribution in [2.45, 2.75) is 31.1 Å². The molecule has 84 valence electrons. The molecule has 1 aliphatic rings. The van der Waals surface area contributed by atoms with E-state index in [2.05, 4.69) is 5.32 Å². The molecule has 0 aromatic rings. The number of hydrogen-bond donors (Lipinski definition) is 1. The molecule has 1 aliphatic heterocycles. The number of carbonyl (C=O) groups is 3. The predicted octanol–water partition coefficient (Wildman–Crippen LogP) is 0.862. The van der Waals surface area contributed by atoms with Crippen molar-refractivity contribution in [2.24, 2.45) is 0 Å². The van der Waals surface area contributed by atoms with Gasteiger partial charge in [-0.25, -0.2) is 4.79 Å². The van der Waals surface area contributed by atoms with Gasteiger partial charge < -0.3 is 0 Å². The van der Waals surface area contributed by atoms with Gasteiger partial charge >= 0.3 is 6.03 Å². The van der Waals surface area contributed by atoms with Gasteiger partial charge in [-0.15, -0.1) is 0 Å². The Labute approximate surface area is 92.8 Å². The Hall–Kier alpha value is -1.10. The third kappa shape index (κ3) is 1.97. The second-order valence-electron chi connectivity index (χ2n) is 3.53. The molecule has 1 fully saturated rings. The summed E-state index contributed by atoms with van der Waals surface area (Å²) in [5.41, 5.74) is 0. The summed E-state index contributed by atoms with van der Waals surface area (Å²) in [5.74, 6) is -1.36. The highest BCUT2D eigenvalue weighted by Crippen LogP contribution is 2.28. The molecule has 1 rings (SSSR count). The van der Waals surface area contributed by atoms with Crippen molar-refractivity contribution in [3.8, 4) is 0 Å². The lowest BCUT2D eigenvalue weighted by atomic mass is 9.97. The molecule has 0 aromatic heterocycles. The fourth-order valence-corrected chi connectivity index (χ4v) is 1.68. The number of imide groups is 2. The summed E-state index contributed by atoms with van der Waals surface area (Å²) < 4.78 is 0. The van der Waals surface area contributed by atoms with Crippen molar-refractivity contribution in [3.05, 3.63) is 0 Å². The summed E-state index contributed by atoms with van der Waals surface area (Å²) >= 11 is 5.96. The fourth-order valence-electron chi connectivity index (χ4n) is 1.38. The minimum Gasteiger partial charge on any atom is -0.276 e. The number of unbranched alkanes of at least 4 members (excludes halogenated alkanes) is 1.